The summed E-state index contributed by atoms with van der Waals surface area (Å²) in [4.78, 5) is 15.5. The first kappa shape index (κ1) is 18.8. The van der Waals surface area contributed by atoms with E-state index in [0.717, 1.165) is 18.9 Å². The summed E-state index contributed by atoms with van der Waals surface area (Å²) in [6, 6.07) is 17.2. The van der Waals surface area contributed by atoms with Gasteiger partial charge in [0.1, 0.15) is 0 Å². The molecule has 1 aliphatic heterocycles. The van der Waals surface area contributed by atoms with E-state index in [9.17, 15) is 9.90 Å². The van der Waals surface area contributed by atoms with E-state index in [1.165, 1.54) is 52.9 Å². The van der Waals surface area contributed by atoms with Crippen LogP contribution in [0.15, 0.2) is 60.9 Å². The van der Waals surface area contributed by atoms with Gasteiger partial charge in [0.15, 0.2) is 0 Å². The summed E-state index contributed by atoms with van der Waals surface area (Å²) in [5, 5.41) is 16.2. The van der Waals surface area contributed by atoms with Crippen LogP contribution in [0, 0.1) is 0 Å². The molecular weight excluding hydrogens is 374 g/mol. The van der Waals surface area contributed by atoms with E-state index in [4.69, 9.17) is 0 Å². The van der Waals surface area contributed by atoms with Crippen molar-refractivity contribution in [2.45, 2.75) is 31.2 Å². The van der Waals surface area contributed by atoms with Gasteiger partial charge in [-0.25, -0.2) is 4.79 Å². The van der Waals surface area contributed by atoms with Crippen LogP contribution in [0.5, 0.6) is 0 Å². The molecule has 1 aliphatic carbocycles. The highest BCUT2D eigenvalue weighted by molar-refractivity contribution is 5.93. The normalized spacial score (nSPS) is 17.9. The second kappa shape index (κ2) is 7.92. The summed E-state index contributed by atoms with van der Waals surface area (Å²) < 4.78 is 0. The summed E-state index contributed by atoms with van der Waals surface area (Å²) in [7, 11) is 0. The van der Waals surface area contributed by atoms with Crippen LogP contribution < -0.4 is 10.6 Å². The smallest absolute Gasteiger partial charge is 0.337 e. The molecule has 5 heteroatoms. The van der Waals surface area contributed by atoms with Crippen LogP contribution >= 0.6 is 0 Å². The number of aromatic nitrogens is 1. The average molecular weight is 399 g/mol. The third kappa shape index (κ3) is 3.68. The molecule has 1 aromatic heterocycles. The molecule has 3 N–H and O–H groups in total. The van der Waals surface area contributed by atoms with Crippen molar-refractivity contribution < 1.29 is 9.90 Å². The van der Waals surface area contributed by atoms with Gasteiger partial charge in [-0.1, -0.05) is 42.5 Å². The van der Waals surface area contributed by atoms with Crippen molar-refractivity contribution in [2.24, 2.45) is 0 Å². The number of anilines is 1. The van der Waals surface area contributed by atoms with Crippen LogP contribution in [-0.2, 0) is 6.42 Å². The van der Waals surface area contributed by atoms with E-state index in [1.807, 2.05) is 0 Å². The molecule has 0 amide bonds. The quantitative estimate of drug-likeness (QED) is 0.564. The second-order valence-electron chi connectivity index (χ2n) is 8.14. The van der Waals surface area contributed by atoms with Gasteiger partial charge in [-0.05, 0) is 65.6 Å². The molecule has 30 heavy (non-hydrogen) atoms. The minimum absolute atomic E-state index is 0.128. The van der Waals surface area contributed by atoms with Gasteiger partial charge in [0, 0.05) is 18.8 Å². The first-order chi connectivity index (χ1) is 14.7. The van der Waals surface area contributed by atoms with Crippen molar-refractivity contribution in [3.05, 3.63) is 83.2 Å². The average Bonchev–Trinajstić information content (AvgIpc) is 3.63. The Bertz CT molecular complexity index is 1090. The zero-order valence-electron chi connectivity index (χ0n) is 16.8. The highest BCUT2D eigenvalue weighted by Gasteiger charge is 2.27. The Hall–Kier alpha value is -3.18. The van der Waals surface area contributed by atoms with Crippen LogP contribution in [0.3, 0.4) is 0 Å². The summed E-state index contributed by atoms with van der Waals surface area (Å²) in [5.41, 5.74) is 7.57. The molecule has 0 bridgehead atoms. The fraction of sp³-hybridized carbons (Fsp3) is 0.280. The number of pyridine rings is 1. The predicted octanol–water partition coefficient (Wildman–Crippen LogP) is 4.62. The molecule has 1 fully saturated rings. The van der Waals surface area contributed by atoms with E-state index in [2.05, 4.69) is 58.1 Å². The highest BCUT2D eigenvalue weighted by Crippen LogP contribution is 2.44. The van der Waals surface area contributed by atoms with Crippen molar-refractivity contribution in [1.29, 1.82) is 0 Å². The molecule has 2 heterocycles. The third-order valence-corrected chi connectivity index (χ3v) is 6.14. The molecule has 2 aromatic carbocycles. The highest BCUT2D eigenvalue weighted by atomic mass is 16.4. The number of rotatable bonds is 6. The Labute approximate surface area is 176 Å². The van der Waals surface area contributed by atoms with Crippen LogP contribution in [0.4, 0.5) is 5.69 Å². The third-order valence-electron chi connectivity index (χ3n) is 6.14. The minimum atomic E-state index is -0.948. The number of benzene rings is 2. The molecule has 3 aromatic rings. The Kier molecular flexibility index (Phi) is 4.97. The molecule has 1 saturated carbocycles. The zero-order valence-corrected chi connectivity index (χ0v) is 16.8. The fourth-order valence-electron chi connectivity index (χ4n) is 4.45. The summed E-state index contributed by atoms with van der Waals surface area (Å²) in [6.07, 6.45) is 6.67. The Balaban J connectivity index is 1.39. The lowest BCUT2D eigenvalue weighted by Crippen LogP contribution is -2.34. The first-order valence-electron chi connectivity index (χ1n) is 10.6. The largest absolute Gasteiger partial charge is 0.478 e. The van der Waals surface area contributed by atoms with Gasteiger partial charge in [-0.3, -0.25) is 4.98 Å². The van der Waals surface area contributed by atoms with Crippen LogP contribution in [0.1, 0.15) is 51.8 Å². The van der Waals surface area contributed by atoms with Crippen LogP contribution in [-0.4, -0.2) is 29.1 Å². The van der Waals surface area contributed by atoms with Crippen molar-refractivity contribution in [1.82, 2.24) is 10.3 Å². The number of aromatic carboxylic acids is 1. The molecule has 152 valence electrons. The lowest BCUT2D eigenvalue weighted by atomic mass is 9.89. The SMILES string of the molecule is O=C(O)c1ccncc1NC[C@H]1NCCc2cc(-c3ccccc3C3CC3)ccc21. The maximum Gasteiger partial charge on any atom is 0.337 e. The van der Waals surface area contributed by atoms with E-state index < -0.39 is 5.97 Å². The van der Waals surface area contributed by atoms with Crippen molar-refractivity contribution in [3.8, 4) is 11.1 Å². The molecule has 5 nitrogen and oxygen atoms in total. The van der Waals surface area contributed by atoms with Gasteiger partial charge < -0.3 is 15.7 Å². The molecule has 1 atom stereocenters. The number of hydrogen-bond donors (Lipinski definition) is 3. The Morgan fingerprint density at radius 1 is 1.13 bits per heavy atom. The monoisotopic (exact) mass is 399 g/mol. The van der Waals surface area contributed by atoms with Crippen LogP contribution in [0.25, 0.3) is 11.1 Å². The molecule has 5 rings (SSSR count). The lowest BCUT2D eigenvalue weighted by Gasteiger charge is -2.28. The number of carboxylic acids is 1. The minimum Gasteiger partial charge on any atom is -0.478 e. The van der Waals surface area contributed by atoms with Crippen molar-refractivity contribution in [2.75, 3.05) is 18.4 Å². The van der Waals surface area contributed by atoms with Crippen molar-refractivity contribution in [3.63, 3.8) is 0 Å². The maximum absolute atomic E-state index is 11.4. The topological polar surface area (TPSA) is 74.2 Å². The molecular formula is C25H25N3O2. The van der Waals surface area contributed by atoms with E-state index in [-0.39, 0.29) is 11.6 Å². The summed E-state index contributed by atoms with van der Waals surface area (Å²) >= 11 is 0. The van der Waals surface area contributed by atoms with Gasteiger partial charge >= 0.3 is 5.97 Å². The number of nitrogens with zero attached hydrogens (tertiary/aromatic N) is 1. The number of fused-ring (bicyclic) bond motifs is 1. The number of nitrogens with one attached hydrogen (secondary N) is 2. The Morgan fingerprint density at radius 2 is 2.00 bits per heavy atom. The zero-order chi connectivity index (χ0) is 20.5. The van der Waals surface area contributed by atoms with Gasteiger partial charge in [0.2, 0.25) is 0 Å². The molecule has 0 unspecified atom stereocenters. The molecule has 0 saturated heterocycles. The van der Waals surface area contributed by atoms with E-state index >= 15 is 0 Å². The Morgan fingerprint density at radius 3 is 2.83 bits per heavy atom. The fourth-order valence-corrected chi connectivity index (χ4v) is 4.45. The first-order valence-corrected chi connectivity index (χ1v) is 10.6. The van der Waals surface area contributed by atoms with Gasteiger partial charge in [0.25, 0.3) is 0 Å². The number of hydrogen-bond acceptors (Lipinski definition) is 4. The summed E-state index contributed by atoms with van der Waals surface area (Å²) in [5.74, 6) is -0.227. The summed E-state index contributed by atoms with van der Waals surface area (Å²) in [6.45, 7) is 1.52. The van der Waals surface area contributed by atoms with Crippen LogP contribution in [0.2, 0.25) is 0 Å². The molecule has 0 radical (unpaired) electrons. The van der Waals surface area contributed by atoms with Gasteiger partial charge in [0.05, 0.1) is 17.4 Å². The molecule has 2 aliphatic rings. The van der Waals surface area contributed by atoms with E-state index in [0.29, 0.717) is 12.2 Å². The number of carboxylic acid groups (broad SMARTS) is 1. The predicted molar refractivity (Wildman–Crippen MR) is 118 cm³/mol. The molecule has 0 spiro atoms. The lowest BCUT2D eigenvalue weighted by molar-refractivity contribution is 0.0697. The van der Waals surface area contributed by atoms with E-state index in [1.54, 1.807) is 6.20 Å². The second-order valence-corrected chi connectivity index (χ2v) is 8.14. The standard InChI is InChI=1S/C25H25N3O2/c29-25(30)22-10-11-26-14-23(22)28-15-24-21-8-7-17(13-18(21)9-12-27-24)20-4-2-1-3-19(20)16-5-6-16/h1-4,7-8,10-11,13-14,16,24,27-28H,5-6,9,12,15H2,(H,29,30)/t24-/m1/s1. The van der Waals surface area contributed by atoms with Gasteiger partial charge in [-0.15, -0.1) is 0 Å². The van der Waals surface area contributed by atoms with Gasteiger partial charge in [-0.2, -0.15) is 0 Å². The number of carbonyl (C=O) groups is 1. The maximum atomic E-state index is 11.4. The van der Waals surface area contributed by atoms with Crippen molar-refractivity contribution >= 4 is 11.7 Å².